The zero-order valence-electron chi connectivity index (χ0n) is 25.5. The first-order valence-corrected chi connectivity index (χ1v) is 15.8. The van der Waals surface area contributed by atoms with E-state index in [2.05, 4.69) is 15.3 Å². The second-order valence-corrected chi connectivity index (χ2v) is 12.4. The summed E-state index contributed by atoms with van der Waals surface area (Å²) in [6, 6.07) is 10.7. The number of nitrogens with zero attached hydrogens (tertiary/aromatic N) is 2. The van der Waals surface area contributed by atoms with Gasteiger partial charge in [-0.05, 0) is 67.8 Å². The molecule has 2 amide bonds. The molecule has 2 aromatic carbocycles. The number of aryl methyl sites for hydroxylation is 1. The largest absolute Gasteiger partial charge is 0.416 e. The number of benzene rings is 2. The number of alkyl halides is 3. The van der Waals surface area contributed by atoms with E-state index >= 15 is 0 Å². The van der Waals surface area contributed by atoms with Gasteiger partial charge in [0.2, 0.25) is 11.8 Å². The predicted molar refractivity (Wildman–Crippen MR) is 175 cm³/mol. The van der Waals surface area contributed by atoms with Gasteiger partial charge in [-0.25, -0.2) is 4.98 Å². The minimum atomic E-state index is -4.68. The monoisotopic (exact) mass is 675 g/mol. The van der Waals surface area contributed by atoms with Crippen molar-refractivity contribution < 1.29 is 22.8 Å². The summed E-state index contributed by atoms with van der Waals surface area (Å²) in [5.41, 5.74) is 19.8. The Morgan fingerprint density at radius 2 is 1.89 bits per heavy atom. The number of aromatic nitrogens is 2. The first kappa shape index (κ1) is 35.1. The Morgan fingerprint density at radius 3 is 2.59 bits per heavy atom. The highest BCUT2D eigenvalue weighted by Gasteiger charge is 2.34. The Morgan fingerprint density at radius 1 is 1.15 bits per heavy atom. The Kier molecular flexibility index (Phi) is 11.6. The lowest BCUT2D eigenvalue weighted by Crippen LogP contribution is -2.53. The molecule has 0 spiro atoms. The zero-order valence-corrected chi connectivity index (χ0v) is 27.0. The number of amides is 2. The van der Waals surface area contributed by atoms with Crippen molar-refractivity contribution in [2.24, 2.45) is 11.5 Å². The average Bonchev–Trinajstić information content (AvgIpc) is 3.33. The molecule has 0 saturated heterocycles. The molecule has 2 atom stereocenters. The fourth-order valence-corrected chi connectivity index (χ4v) is 6.45. The van der Waals surface area contributed by atoms with Gasteiger partial charge >= 0.3 is 6.18 Å². The third-order valence-electron chi connectivity index (χ3n) is 7.73. The van der Waals surface area contributed by atoms with Gasteiger partial charge in [-0.3, -0.25) is 9.59 Å². The van der Waals surface area contributed by atoms with Gasteiger partial charge in [0.05, 0.1) is 22.3 Å². The topological polar surface area (TPSA) is 156 Å². The highest BCUT2D eigenvalue weighted by molar-refractivity contribution is 7.99. The summed E-state index contributed by atoms with van der Waals surface area (Å²) >= 11 is 7.38. The van der Waals surface area contributed by atoms with E-state index in [1.54, 1.807) is 12.1 Å². The summed E-state index contributed by atoms with van der Waals surface area (Å²) in [6.45, 7) is 2.03. The fraction of sp³-hybridized carbons (Fsp3) is 0.344. The van der Waals surface area contributed by atoms with Crippen LogP contribution in [-0.4, -0.2) is 52.4 Å². The number of unbranched alkanes of at least 4 members (excludes halogenated alkanes) is 1. The van der Waals surface area contributed by atoms with Crippen molar-refractivity contribution in [1.82, 2.24) is 20.2 Å². The number of likely N-dealkylation sites (N-methyl/N-ethyl adjacent to an activating group) is 1. The van der Waals surface area contributed by atoms with Gasteiger partial charge in [0.25, 0.3) is 0 Å². The lowest BCUT2D eigenvalue weighted by Gasteiger charge is -2.30. The van der Waals surface area contributed by atoms with Crippen LogP contribution in [0.4, 0.5) is 18.9 Å². The zero-order chi connectivity index (χ0) is 33.6. The van der Waals surface area contributed by atoms with Crippen molar-refractivity contribution in [1.29, 1.82) is 0 Å². The van der Waals surface area contributed by atoms with Crippen LogP contribution < -0.4 is 22.5 Å². The minimum Gasteiger partial charge on any atom is -0.397 e. The van der Waals surface area contributed by atoms with Crippen molar-refractivity contribution in [2.45, 2.75) is 67.3 Å². The number of carbonyl (C=O) groups is 2. The summed E-state index contributed by atoms with van der Waals surface area (Å²) in [6.07, 6.45) is -1.31. The molecule has 4 aromatic rings. The number of halogens is 4. The molecule has 2 aromatic heterocycles. The molecule has 8 N–H and O–H groups in total. The fourth-order valence-electron chi connectivity index (χ4n) is 5.19. The van der Waals surface area contributed by atoms with Crippen LogP contribution in [0.3, 0.4) is 0 Å². The number of H-pyrrole nitrogens is 1. The minimum absolute atomic E-state index is 0.109. The molecule has 0 bridgehead atoms. The first-order valence-electron chi connectivity index (χ1n) is 14.7. The number of fused-ring (bicyclic) bond motifs is 1. The van der Waals surface area contributed by atoms with E-state index in [0.29, 0.717) is 36.5 Å². The summed E-state index contributed by atoms with van der Waals surface area (Å²) < 4.78 is 41.4. The Hall–Kier alpha value is -3.78. The maximum absolute atomic E-state index is 13.9. The highest BCUT2D eigenvalue weighted by atomic mass is 35.5. The number of hydrogen-bond donors (Lipinski definition) is 5. The molecule has 2 heterocycles. The van der Waals surface area contributed by atoms with E-state index in [0.717, 1.165) is 46.1 Å². The van der Waals surface area contributed by atoms with Crippen LogP contribution in [-0.2, 0) is 28.7 Å². The van der Waals surface area contributed by atoms with E-state index in [1.165, 1.54) is 18.1 Å². The third kappa shape index (κ3) is 8.32. The van der Waals surface area contributed by atoms with E-state index in [1.807, 2.05) is 31.2 Å². The molecule has 14 heteroatoms. The van der Waals surface area contributed by atoms with Crippen molar-refractivity contribution >= 4 is 51.8 Å². The normalized spacial score (nSPS) is 13.0. The van der Waals surface area contributed by atoms with Crippen molar-refractivity contribution in [2.75, 3.05) is 19.3 Å². The molecule has 0 aliphatic carbocycles. The van der Waals surface area contributed by atoms with Gasteiger partial charge in [0, 0.05) is 47.7 Å². The average molecular weight is 676 g/mol. The van der Waals surface area contributed by atoms with Crippen LogP contribution in [0.5, 0.6) is 0 Å². The van der Waals surface area contributed by atoms with Gasteiger partial charge in [-0.2, -0.15) is 13.2 Å². The molecule has 0 radical (unpaired) electrons. The molecule has 0 aliphatic rings. The van der Waals surface area contributed by atoms with E-state index in [9.17, 15) is 22.8 Å². The number of para-hydroxylation sites is 1. The molecule has 0 aliphatic heterocycles. The molecule has 9 nitrogen and oxygen atoms in total. The number of nitrogen functional groups attached to an aromatic ring is 1. The van der Waals surface area contributed by atoms with E-state index in [-0.39, 0.29) is 28.4 Å². The Balaban J connectivity index is 1.67. The summed E-state index contributed by atoms with van der Waals surface area (Å²) in [7, 11) is 1.51. The molecular weight excluding hydrogens is 639 g/mol. The number of rotatable bonds is 13. The number of pyridine rings is 1. The van der Waals surface area contributed by atoms with Crippen molar-refractivity contribution in [3.63, 3.8) is 0 Å². The SMILES string of the molecule is Cc1[nH]c2ccccc2c1C[C@@H](C(=O)NCc1cc(C(F)(F)F)cc(Cl)c1Sc1ncccc1N)N(C)C(=O)[C@@H](N)CCCCN. The molecule has 0 unspecified atom stereocenters. The maximum atomic E-state index is 13.9. The van der Waals surface area contributed by atoms with Crippen LogP contribution in [0.15, 0.2) is 64.6 Å². The molecule has 246 valence electrons. The molecule has 4 rings (SSSR count). The number of nitrogens with one attached hydrogen (secondary N) is 2. The second kappa shape index (κ2) is 15.2. The molecular formula is C32H37ClF3N7O2S. The number of carbonyl (C=O) groups excluding carboxylic acids is 2. The second-order valence-electron chi connectivity index (χ2n) is 11.0. The number of aromatic amines is 1. The van der Waals surface area contributed by atoms with Gasteiger partial charge in [0.15, 0.2) is 0 Å². The number of nitrogens with two attached hydrogens (primary N) is 3. The van der Waals surface area contributed by atoms with Crippen LogP contribution in [0.2, 0.25) is 5.02 Å². The van der Waals surface area contributed by atoms with Gasteiger partial charge in [0.1, 0.15) is 11.1 Å². The summed E-state index contributed by atoms with van der Waals surface area (Å²) in [5, 5.41) is 3.83. The van der Waals surface area contributed by atoms with Crippen molar-refractivity contribution in [3.05, 3.63) is 82.1 Å². The molecule has 46 heavy (non-hydrogen) atoms. The molecule has 0 fully saturated rings. The van der Waals surface area contributed by atoms with Crippen LogP contribution in [0.1, 0.15) is 41.6 Å². The number of anilines is 1. The smallest absolute Gasteiger partial charge is 0.397 e. The van der Waals surface area contributed by atoms with Crippen LogP contribution >= 0.6 is 23.4 Å². The predicted octanol–water partition coefficient (Wildman–Crippen LogP) is 5.42. The lowest BCUT2D eigenvalue weighted by molar-refractivity contribution is -0.140. The Bertz CT molecular complexity index is 1700. The first-order chi connectivity index (χ1) is 21.8. The standard InChI is InChI=1S/C32H37ClF3N7O2S/c1-18-22(21-8-3-4-11-26(21)42-18)16-27(43(2)31(45)25(39)9-5-6-12-37)29(44)41-17-19-14-20(32(34,35)36)15-23(33)28(19)46-30-24(38)10-7-13-40-30/h3-4,7-8,10-11,13-15,25,27,42H,5-6,9,12,16-17,37-39H2,1-2H3,(H,41,44)/t25-,27-/m0/s1. The summed E-state index contributed by atoms with van der Waals surface area (Å²) in [5.74, 6) is -1.00. The van der Waals surface area contributed by atoms with E-state index in [4.69, 9.17) is 28.8 Å². The highest BCUT2D eigenvalue weighted by Crippen LogP contribution is 2.41. The molecule has 0 saturated carbocycles. The van der Waals surface area contributed by atoms with Crippen LogP contribution in [0.25, 0.3) is 10.9 Å². The van der Waals surface area contributed by atoms with Crippen molar-refractivity contribution in [3.8, 4) is 0 Å². The Labute approximate surface area is 274 Å². The van der Waals surface area contributed by atoms with Crippen LogP contribution in [0, 0.1) is 6.92 Å². The van der Waals surface area contributed by atoms with E-state index < -0.39 is 35.6 Å². The van der Waals surface area contributed by atoms with Gasteiger partial charge < -0.3 is 32.4 Å². The third-order valence-corrected chi connectivity index (χ3v) is 9.36. The lowest BCUT2D eigenvalue weighted by atomic mass is 9.99. The summed E-state index contributed by atoms with van der Waals surface area (Å²) in [4.78, 5) is 36.5. The van der Waals surface area contributed by atoms with Gasteiger partial charge in [-0.15, -0.1) is 0 Å². The van der Waals surface area contributed by atoms with Gasteiger partial charge in [-0.1, -0.05) is 48.0 Å². The number of hydrogen-bond acceptors (Lipinski definition) is 7. The quantitative estimate of drug-likeness (QED) is 0.119. The maximum Gasteiger partial charge on any atom is 0.416 e.